The van der Waals surface area contributed by atoms with Crippen LogP contribution in [0.3, 0.4) is 0 Å². The molecule has 0 unspecified atom stereocenters. The minimum atomic E-state index is -0.0647. The van der Waals surface area contributed by atoms with Crippen LogP contribution < -0.4 is 0 Å². The van der Waals surface area contributed by atoms with Gasteiger partial charge in [-0.3, -0.25) is 9.20 Å². The van der Waals surface area contributed by atoms with Gasteiger partial charge in [0.25, 0.3) is 0 Å². The van der Waals surface area contributed by atoms with Crippen LogP contribution in [0.5, 0.6) is 0 Å². The second-order valence-electron chi connectivity index (χ2n) is 3.99. The van der Waals surface area contributed by atoms with E-state index in [4.69, 9.17) is 0 Å². The van der Waals surface area contributed by atoms with E-state index in [9.17, 15) is 4.79 Å². The Hall–Kier alpha value is -0.890. The fourth-order valence-electron chi connectivity index (χ4n) is 1.50. The van der Waals surface area contributed by atoms with Gasteiger partial charge in [0, 0.05) is 36.1 Å². The molecule has 0 saturated heterocycles. The van der Waals surface area contributed by atoms with E-state index in [-0.39, 0.29) is 5.78 Å². The van der Waals surface area contributed by atoms with Gasteiger partial charge in [-0.1, -0.05) is 0 Å². The third kappa shape index (κ3) is 2.74. The Morgan fingerprint density at radius 1 is 1.56 bits per heavy atom. The maximum atomic E-state index is 12.1. The van der Waals surface area contributed by atoms with Crippen LogP contribution >= 0.6 is 38.5 Å². The fourth-order valence-corrected chi connectivity index (χ4v) is 3.06. The van der Waals surface area contributed by atoms with Crippen molar-refractivity contribution in [3.05, 3.63) is 44.5 Å². The van der Waals surface area contributed by atoms with E-state index < -0.39 is 0 Å². The molecule has 0 aliphatic carbocycles. The van der Waals surface area contributed by atoms with E-state index in [1.54, 1.807) is 16.8 Å². The zero-order valence-electron chi connectivity index (χ0n) is 9.89. The van der Waals surface area contributed by atoms with Crippen molar-refractivity contribution in [2.45, 2.75) is 0 Å². The summed E-state index contributed by atoms with van der Waals surface area (Å²) >= 11 is 5.65. The van der Waals surface area contributed by atoms with Crippen LogP contribution in [0.15, 0.2) is 35.2 Å². The van der Waals surface area contributed by atoms with Crippen molar-refractivity contribution in [2.75, 3.05) is 14.1 Å². The second-order valence-corrected chi connectivity index (χ2v) is 6.09. The molecule has 0 saturated carbocycles. The lowest BCUT2D eigenvalue weighted by atomic mass is 10.3. The number of hydrogen-bond acceptors (Lipinski definition) is 3. The molecule has 0 atom stereocenters. The van der Waals surface area contributed by atoms with Crippen LogP contribution in [-0.2, 0) is 0 Å². The first kappa shape index (κ1) is 13.5. The quantitative estimate of drug-likeness (QED) is 0.436. The highest BCUT2D eigenvalue weighted by atomic mass is 127. The number of hydrogen-bond donors (Lipinski definition) is 0. The van der Waals surface area contributed by atoms with Crippen molar-refractivity contribution in [3.63, 3.8) is 0 Å². The lowest BCUT2D eigenvalue weighted by Gasteiger charge is -2.03. The highest BCUT2D eigenvalue weighted by Crippen LogP contribution is 2.21. The Morgan fingerprint density at radius 3 is 2.94 bits per heavy atom. The number of pyridine rings is 1. The number of imidazole rings is 1. The van der Waals surface area contributed by atoms with Gasteiger partial charge in [0.2, 0.25) is 5.78 Å². The van der Waals surface area contributed by atoms with Gasteiger partial charge in [-0.2, -0.15) is 0 Å². The molecule has 0 amide bonds. The number of nitrogens with zero attached hydrogens (tertiary/aromatic N) is 3. The molecule has 2 rings (SSSR count). The number of allylic oxidation sites excluding steroid dienone is 1. The van der Waals surface area contributed by atoms with E-state index in [2.05, 4.69) is 43.5 Å². The zero-order chi connectivity index (χ0) is 13.3. The maximum Gasteiger partial charge on any atom is 0.205 e. The van der Waals surface area contributed by atoms with E-state index in [1.807, 2.05) is 31.3 Å². The minimum absolute atomic E-state index is 0.0647. The van der Waals surface area contributed by atoms with Crippen LogP contribution in [0.25, 0.3) is 5.65 Å². The van der Waals surface area contributed by atoms with E-state index >= 15 is 0 Å². The van der Waals surface area contributed by atoms with Crippen LogP contribution in [-0.4, -0.2) is 34.2 Å². The smallest absolute Gasteiger partial charge is 0.205 e. The molecule has 0 radical (unpaired) electrons. The zero-order valence-corrected chi connectivity index (χ0v) is 13.6. The number of carbonyl (C=O) groups is 1. The van der Waals surface area contributed by atoms with Gasteiger partial charge < -0.3 is 4.90 Å². The highest BCUT2D eigenvalue weighted by molar-refractivity contribution is 14.1. The summed E-state index contributed by atoms with van der Waals surface area (Å²) in [6.45, 7) is 0. The van der Waals surface area contributed by atoms with Gasteiger partial charge in [-0.05, 0) is 44.6 Å². The molecule has 94 valence electrons. The molecule has 2 heterocycles. The summed E-state index contributed by atoms with van der Waals surface area (Å²) in [4.78, 5) is 18.1. The van der Waals surface area contributed by atoms with Gasteiger partial charge in [0.05, 0.1) is 10.7 Å². The largest absolute Gasteiger partial charge is 0.383 e. The SMILES string of the molecule is CN(C)C=CC(=O)c1cnc2c(Br)cc(I)cn12. The summed E-state index contributed by atoms with van der Waals surface area (Å²) in [5.41, 5.74) is 1.30. The lowest BCUT2D eigenvalue weighted by Crippen LogP contribution is -2.05. The summed E-state index contributed by atoms with van der Waals surface area (Å²) in [5.74, 6) is -0.0647. The van der Waals surface area contributed by atoms with Crippen LogP contribution in [0.4, 0.5) is 0 Å². The number of halogens is 2. The van der Waals surface area contributed by atoms with Crippen molar-refractivity contribution in [1.82, 2.24) is 14.3 Å². The molecule has 0 aromatic carbocycles. The average Bonchev–Trinajstić information content (AvgIpc) is 2.69. The normalized spacial score (nSPS) is 11.3. The first-order valence-corrected chi connectivity index (χ1v) is 7.07. The highest BCUT2D eigenvalue weighted by Gasteiger charge is 2.12. The molecule has 18 heavy (non-hydrogen) atoms. The Balaban J connectivity index is 2.49. The monoisotopic (exact) mass is 419 g/mol. The lowest BCUT2D eigenvalue weighted by molar-refractivity contribution is 0.104. The molecule has 0 fully saturated rings. The first-order chi connectivity index (χ1) is 8.49. The first-order valence-electron chi connectivity index (χ1n) is 5.20. The van der Waals surface area contributed by atoms with Gasteiger partial charge >= 0.3 is 0 Å². The molecule has 2 aromatic heterocycles. The van der Waals surface area contributed by atoms with Crippen molar-refractivity contribution in [1.29, 1.82) is 0 Å². The minimum Gasteiger partial charge on any atom is -0.383 e. The Bertz CT molecular complexity index is 634. The number of ketones is 1. The van der Waals surface area contributed by atoms with Crippen LogP contribution in [0.2, 0.25) is 0 Å². The summed E-state index contributed by atoms with van der Waals surface area (Å²) in [6, 6.07) is 1.97. The van der Waals surface area contributed by atoms with Crippen molar-refractivity contribution < 1.29 is 4.79 Å². The van der Waals surface area contributed by atoms with Crippen molar-refractivity contribution >= 4 is 50.0 Å². The molecule has 6 heteroatoms. The van der Waals surface area contributed by atoms with Gasteiger partial charge in [-0.25, -0.2) is 4.98 Å². The van der Waals surface area contributed by atoms with Crippen molar-refractivity contribution in [2.24, 2.45) is 0 Å². The molecule has 0 aliphatic rings. The predicted molar refractivity (Wildman–Crippen MR) is 82.8 cm³/mol. The van der Waals surface area contributed by atoms with Gasteiger partial charge in [0.1, 0.15) is 5.69 Å². The summed E-state index contributed by atoms with van der Waals surface area (Å²) < 4.78 is 3.72. The number of aromatic nitrogens is 2. The topological polar surface area (TPSA) is 37.6 Å². The summed E-state index contributed by atoms with van der Waals surface area (Å²) in [7, 11) is 3.75. The average molecular weight is 420 g/mol. The number of carbonyl (C=O) groups excluding carboxylic acids is 1. The Morgan fingerprint density at radius 2 is 2.28 bits per heavy atom. The molecule has 0 aliphatic heterocycles. The summed E-state index contributed by atoms with van der Waals surface area (Å²) in [5, 5.41) is 0. The van der Waals surface area contributed by atoms with Crippen LogP contribution in [0, 0.1) is 3.57 Å². The van der Waals surface area contributed by atoms with E-state index in [1.165, 1.54) is 6.08 Å². The number of rotatable bonds is 3. The van der Waals surface area contributed by atoms with E-state index in [0.717, 1.165) is 13.7 Å². The van der Waals surface area contributed by atoms with Crippen molar-refractivity contribution in [3.8, 4) is 0 Å². The van der Waals surface area contributed by atoms with Gasteiger partial charge in [-0.15, -0.1) is 0 Å². The molecular weight excluding hydrogens is 409 g/mol. The van der Waals surface area contributed by atoms with Crippen LogP contribution in [0.1, 0.15) is 10.5 Å². The molecular formula is C12H11BrIN3O. The predicted octanol–water partition coefficient (Wildman–Crippen LogP) is 2.96. The molecule has 2 aromatic rings. The molecule has 0 spiro atoms. The number of fused-ring (bicyclic) bond motifs is 1. The third-order valence-electron chi connectivity index (χ3n) is 2.30. The Labute approximate surface area is 127 Å². The summed E-state index contributed by atoms with van der Waals surface area (Å²) in [6.07, 6.45) is 6.75. The van der Waals surface area contributed by atoms with E-state index in [0.29, 0.717) is 5.69 Å². The Kier molecular flexibility index (Phi) is 4.06. The maximum absolute atomic E-state index is 12.1. The third-order valence-corrected chi connectivity index (χ3v) is 3.48. The fraction of sp³-hybridized carbons (Fsp3) is 0.167. The molecule has 0 bridgehead atoms. The second kappa shape index (κ2) is 5.40. The standard InChI is InChI=1S/C12H11BrIN3O/c1-16(2)4-3-11(18)10-6-15-12-9(13)5-8(14)7-17(10)12/h3-7H,1-2H3. The van der Waals surface area contributed by atoms with Gasteiger partial charge in [0.15, 0.2) is 5.65 Å². The molecule has 4 nitrogen and oxygen atoms in total. The molecule has 0 N–H and O–H groups in total.